The van der Waals surface area contributed by atoms with Crippen molar-refractivity contribution in [3.8, 4) is 0 Å². The summed E-state index contributed by atoms with van der Waals surface area (Å²) in [4.78, 5) is 0. The second-order valence-electron chi connectivity index (χ2n) is 3.52. The average Bonchev–Trinajstić information content (AvgIpc) is 2.18. The molecule has 88 valence electrons. The molecule has 0 radical (unpaired) electrons. The van der Waals surface area contributed by atoms with Gasteiger partial charge in [0.05, 0.1) is 13.2 Å². The van der Waals surface area contributed by atoms with Gasteiger partial charge in [0.15, 0.2) is 0 Å². The van der Waals surface area contributed by atoms with Crippen LogP contribution < -0.4 is 0 Å². The van der Waals surface area contributed by atoms with Gasteiger partial charge < -0.3 is 10.2 Å². The van der Waals surface area contributed by atoms with E-state index in [4.69, 9.17) is 10.2 Å². The van der Waals surface area contributed by atoms with Gasteiger partial charge in [0.1, 0.15) is 0 Å². The number of aliphatic hydroxyl groups excluding tert-OH is 2. The van der Waals surface area contributed by atoms with Crippen LogP contribution in [0, 0.1) is 0 Å². The van der Waals surface area contributed by atoms with Gasteiger partial charge in [0.2, 0.25) is 0 Å². The largest absolute Gasteiger partial charge is 0.392 e. The Morgan fingerprint density at radius 2 is 1.60 bits per heavy atom. The molecule has 0 amide bonds. The second-order valence-corrected chi connectivity index (χ2v) is 3.52. The van der Waals surface area contributed by atoms with Crippen LogP contribution in [-0.4, -0.2) is 23.4 Å². The molecule has 0 saturated carbocycles. The maximum Gasteiger partial charge on any atom is 0.0614 e. The van der Waals surface area contributed by atoms with Crippen LogP contribution >= 0.6 is 0 Å². The summed E-state index contributed by atoms with van der Waals surface area (Å²) < 4.78 is 0. The zero-order chi connectivity index (χ0) is 12.1. The van der Waals surface area contributed by atoms with E-state index in [9.17, 15) is 0 Å². The summed E-state index contributed by atoms with van der Waals surface area (Å²) in [5.41, 5.74) is 2.63. The number of allylic oxidation sites excluding steroid dienone is 3. The Labute approximate surface area is 93.6 Å². The summed E-state index contributed by atoms with van der Waals surface area (Å²) in [7, 11) is 0. The summed E-state index contributed by atoms with van der Waals surface area (Å²) in [6.07, 6.45) is 7.66. The van der Waals surface area contributed by atoms with E-state index in [1.807, 2.05) is 6.08 Å². The minimum absolute atomic E-state index is 0.0833. The van der Waals surface area contributed by atoms with Crippen molar-refractivity contribution in [1.29, 1.82) is 0 Å². The molecule has 0 aliphatic heterocycles. The van der Waals surface area contributed by atoms with Gasteiger partial charge in [-0.05, 0) is 33.6 Å². The van der Waals surface area contributed by atoms with Gasteiger partial charge in [-0.2, -0.15) is 0 Å². The topological polar surface area (TPSA) is 40.5 Å². The van der Waals surface area contributed by atoms with E-state index in [1.54, 1.807) is 0 Å². The van der Waals surface area contributed by atoms with Crippen molar-refractivity contribution >= 4 is 0 Å². The van der Waals surface area contributed by atoms with Crippen LogP contribution in [0.1, 0.15) is 33.6 Å². The van der Waals surface area contributed by atoms with E-state index in [0.717, 1.165) is 12.8 Å². The number of hydrogen-bond donors (Lipinski definition) is 2. The van der Waals surface area contributed by atoms with Gasteiger partial charge in [-0.25, -0.2) is 0 Å². The van der Waals surface area contributed by atoms with Crippen LogP contribution in [0.15, 0.2) is 36.0 Å². The van der Waals surface area contributed by atoms with Gasteiger partial charge in [0.25, 0.3) is 0 Å². The normalized spacial score (nSPS) is 10.1. The predicted molar refractivity (Wildman–Crippen MR) is 66.8 cm³/mol. The summed E-state index contributed by atoms with van der Waals surface area (Å²) in [6, 6.07) is 0. The molecule has 0 rings (SSSR count). The van der Waals surface area contributed by atoms with Crippen LogP contribution in [-0.2, 0) is 0 Å². The van der Waals surface area contributed by atoms with Crippen LogP contribution in [0.3, 0.4) is 0 Å². The first kappa shape index (κ1) is 16.6. The van der Waals surface area contributed by atoms with E-state index in [2.05, 4.69) is 33.4 Å². The Balaban J connectivity index is 0. The lowest BCUT2D eigenvalue weighted by molar-refractivity contribution is 0.341. The van der Waals surface area contributed by atoms with Gasteiger partial charge in [-0.15, -0.1) is 6.58 Å². The Kier molecular flexibility index (Phi) is 14.5. The quantitative estimate of drug-likeness (QED) is 0.688. The Bertz CT molecular complexity index is 199. The van der Waals surface area contributed by atoms with Crippen molar-refractivity contribution in [3.05, 3.63) is 36.0 Å². The summed E-state index contributed by atoms with van der Waals surface area (Å²) in [5, 5.41) is 16.3. The summed E-state index contributed by atoms with van der Waals surface area (Å²) in [5.74, 6) is 0. The van der Waals surface area contributed by atoms with Gasteiger partial charge in [-0.1, -0.05) is 29.4 Å². The van der Waals surface area contributed by atoms with Gasteiger partial charge in [0, 0.05) is 0 Å². The first-order valence-corrected chi connectivity index (χ1v) is 5.20. The SMILES string of the molecule is C=CCO.CC(C)=CCCC(C)=CCO. The molecular weight excluding hydrogens is 188 g/mol. The van der Waals surface area contributed by atoms with Gasteiger partial charge in [-0.3, -0.25) is 0 Å². The molecule has 15 heavy (non-hydrogen) atoms. The van der Waals surface area contributed by atoms with Crippen LogP contribution in [0.5, 0.6) is 0 Å². The fourth-order valence-corrected chi connectivity index (χ4v) is 0.846. The molecule has 0 aromatic heterocycles. The maximum atomic E-state index is 8.55. The molecular formula is C13H24O2. The third-order valence-corrected chi connectivity index (χ3v) is 1.66. The third kappa shape index (κ3) is 19.5. The predicted octanol–water partition coefficient (Wildman–Crippen LogP) is 2.84. The van der Waals surface area contributed by atoms with Crippen molar-refractivity contribution in [2.24, 2.45) is 0 Å². The highest BCUT2D eigenvalue weighted by atomic mass is 16.3. The first-order chi connectivity index (χ1) is 7.08. The molecule has 0 aromatic rings. The van der Waals surface area contributed by atoms with Crippen LogP contribution in [0.4, 0.5) is 0 Å². The molecule has 0 heterocycles. The zero-order valence-corrected chi connectivity index (χ0v) is 10.2. The van der Waals surface area contributed by atoms with Crippen LogP contribution in [0.25, 0.3) is 0 Å². The molecule has 0 saturated heterocycles. The minimum Gasteiger partial charge on any atom is -0.392 e. The molecule has 0 spiro atoms. The van der Waals surface area contributed by atoms with E-state index in [-0.39, 0.29) is 13.2 Å². The second kappa shape index (κ2) is 13.1. The van der Waals surface area contributed by atoms with Crippen molar-refractivity contribution in [2.75, 3.05) is 13.2 Å². The minimum atomic E-state index is 0.0833. The Hall–Kier alpha value is -0.860. The molecule has 0 aromatic carbocycles. The smallest absolute Gasteiger partial charge is 0.0614 e. The molecule has 0 aliphatic carbocycles. The van der Waals surface area contributed by atoms with Gasteiger partial charge >= 0.3 is 0 Å². The zero-order valence-electron chi connectivity index (χ0n) is 10.2. The summed E-state index contributed by atoms with van der Waals surface area (Å²) >= 11 is 0. The van der Waals surface area contributed by atoms with E-state index < -0.39 is 0 Å². The van der Waals surface area contributed by atoms with E-state index in [1.165, 1.54) is 17.2 Å². The number of hydrogen-bond acceptors (Lipinski definition) is 2. The highest BCUT2D eigenvalue weighted by Gasteiger charge is 1.86. The molecule has 0 atom stereocenters. The lowest BCUT2D eigenvalue weighted by Gasteiger charge is -1.96. The first-order valence-electron chi connectivity index (χ1n) is 5.20. The average molecular weight is 212 g/mol. The van der Waals surface area contributed by atoms with Crippen molar-refractivity contribution in [2.45, 2.75) is 33.6 Å². The molecule has 0 aliphatic rings. The fraction of sp³-hybridized carbons (Fsp3) is 0.538. The molecule has 0 unspecified atom stereocenters. The molecule has 2 heteroatoms. The highest BCUT2D eigenvalue weighted by Crippen LogP contribution is 2.05. The highest BCUT2D eigenvalue weighted by molar-refractivity contribution is 5.01. The van der Waals surface area contributed by atoms with Crippen molar-refractivity contribution in [3.63, 3.8) is 0 Å². The maximum absolute atomic E-state index is 8.55. The molecule has 2 N–H and O–H groups in total. The molecule has 2 nitrogen and oxygen atoms in total. The Morgan fingerprint density at radius 3 is 1.93 bits per heavy atom. The van der Waals surface area contributed by atoms with E-state index >= 15 is 0 Å². The van der Waals surface area contributed by atoms with E-state index in [0.29, 0.717) is 0 Å². The number of aliphatic hydroxyl groups is 2. The fourth-order valence-electron chi connectivity index (χ4n) is 0.846. The standard InChI is InChI=1S/C10H18O.C3H6O/c1-9(2)5-4-6-10(3)7-8-11;1-2-3-4/h5,7,11H,4,6,8H2,1-3H3;2,4H,1,3H2. The van der Waals surface area contributed by atoms with Crippen molar-refractivity contribution in [1.82, 2.24) is 0 Å². The molecule has 0 bridgehead atoms. The Morgan fingerprint density at radius 1 is 1.07 bits per heavy atom. The third-order valence-electron chi connectivity index (χ3n) is 1.66. The lowest BCUT2D eigenvalue weighted by atomic mass is 10.1. The molecule has 0 fully saturated rings. The summed E-state index contributed by atoms with van der Waals surface area (Å²) in [6.45, 7) is 9.74. The lowest BCUT2D eigenvalue weighted by Crippen LogP contribution is -1.80. The van der Waals surface area contributed by atoms with Crippen molar-refractivity contribution < 1.29 is 10.2 Å². The number of rotatable bonds is 5. The van der Waals surface area contributed by atoms with Crippen LogP contribution in [0.2, 0.25) is 0 Å². The monoisotopic (exact) mass is 212 g/mol.